The molecular weight excluding hydrogens is 327 g/mol. The van der Waals surface area contributed by atoms with Crippen molar-refractivity contribution in [2.24, 2.45) is 0 Å². The fourth-order valence-electron chi connectivity index (χ4n) is 2.43. The molecule has 1 aromatic carbocycles. The molecule has 17 heavy (non-hydrogen) atoms. The fraction of sp³-hybridized carbons (Fsp3) is 0.462. The molecule has 0 bridgehead atoms. The predicted molar refractivity (Wildman–Crippen MR) is 77.5 cm³/mol. The highest BCUT2D eigenvalue weighted by Gasteiger charge is 2.39. The predicted octanol–water partition coefficient (Wildman–Crippen LogP) is 2.58. The third-order valence-corrected chi connectivity index (χ3v) is 5.34. The normalized spacial score (nSPS) is 27.1. The van der Waals surface area contributed by atoms with Crippen LogP contribution >= 0.6 is 22.6 Å². The Morgan fingerprint density at radius 1 is 1.47 bits per heavy atom. The van der Waals surface area contributed by atoms with Gasteiger partial charge in [0.2, 0.25) is 0 Å². The van der Waals surface area contributed by atoms with E-state index in [9.17, 15) is 4.79 Å². The second-order valence-corrected chi connectivity index (χ2v) is 6.07. The van der Waals surface area contributed by atoms with Crippen molar-refractivity contribution in [3.8, 4) is 0 Å². The number of nitrogens with one attached hydrogen (secondary N) is 2. The van der Waals surface area contributed by atoms with Crippen molar-refractivity contribution in [2.45, 2.75) is 29.2 Å². The van der Waals surface area contributed by atoms with Gasteiger partial charge in [0.15, 0.2) is 0 Å². The molecule has 0 heterocycles. The number of rotatable bonds is 1. The van der Waals surface area contributed by atoms with E-state index in [4.69, 9.17) is 0 Å². The zero-order chi connectivity index (χ0) is 12.5. The quantitative estimate of drug-likeness (QED) is 0.597. The van der Waals surface area contributed by atoms with Crippen molar-refractivity contribution in [3.05, 3.63) is 35.4 Å². The molecule has 2 amide bonds. The highest BCUT2D eigenvalue weighted by Crippen LogP contribution is 2.39. The van der Waals surface area contributed by atoms with E-state index in [2.05, 4.69) is 58.3 Å². The van der Waals surface area contributed by atoms with E-state index in [1.807, 2.05) is 6.07 Å². The summed E-state index contributed by atoms with van der Waals surface area (Å²) in [5.74, 6) is 0. The van der Waals surface area contributed by atoms with Crippen LogP contribution in [0.15, 0.2) is 24.3 Å². The summed E-state index contributed by atoms with van der Waals surface area (Å²) in [6.45, 7) is 2.11. The summed E-state index contributed by atoms with van der Waals surface area (Å²) in [6.07, 6.45) is 2.19. The summed E-state index contributed by atoms with van der Waals surface area (Å²) >= 11 is 2.44. The lowest BCUT2D eigenvalue weighted by Crippen LogP contribution is -2.54. The third-order valence-electron chi connectivity index (χ3n) is 3.47. The summed E-state index contributed by atoms with van der Waals surface area (Å²) in [5.41, 5.74) is 2.31. The van der Waals surface area contributed by atoms with E-state index in [1.165, 1.54) is 11.1 Å². The Morgan fingerprint density at radius 2 is 2.18 bits per heavy atom. The second-order valence-electron chi connectivity index (χ2n) is 4.57. The maximum Gasteiger partial charge on any atom is 0.315 e. The number of carbonyl (C=O) groups is 1. The van der Waals surface area contributed by atoms with E-state index in [0.29, 0.717) is 3.92 Å². The minimum Gasteiger partial charge on any atom is -0.341 e. The summed E-state index contributed by atoms with van der Waals surface area (Å²) in [6, 6.07) is 8.26. The highest BCUT2D eigenvalue weighted by atomic mass is 127. The van der Waals surface area contributed by atoms with Gasteiger partial charge in [0.05, 0.1) is 5.54 Å². The van der Waals surface area contributed by atoms with Gasteiger partial charge in [-0.05, 0) is 30.9 Å². The van der Waals surface area contributed by atoms with Gasteiger partial charge in [0, 0.05) is 11.0 Å². The number of fused-ring (bicyclic) bond motifs is 1. The molecule has 4 heteroatoms. The van der Waals surface area contributed by atoms with Crippen molar-refractivity contribution in [1.29, 1.82) is 0 Å². The lowest BCUT2D eigenvalue weighted by Gasteiger charge is -2.40. The Hall–Kier alpha value is -0.780. The van der Waals surface area contributed by atoms with Crippen molar-refractivity contribution in [3.63, 3.8) is 0 Å². The number of hydrogen-bond acceptors (Lipinski definition) is 1. The monoisotopic (exact) mass is 344 g/mol. The minimum atomic E-state index is -0.282. The fourth-order valence-corrected chi connectivity index (χ4v) is 3.23. The standard InChI is InChI=1S/C13H17IN2O/c1-13(16-12(17)15-2)10-6-4-3-5-9(10)7-8-11(13)14/h3-6,11H,7-8H2,1-2H3,(H2,15,16,17). The summed E-state index contributed by atoms with van der Waals surface area (Å²) in [5, 5.41) is 5.73. The molecule has 0 aliphatic heterocycles. The van der Waals surface area contributed by atoms with Crippen LogP contribution in [0.5, 0.6) is 0 Å². The number of carbonyl (C=O) groups excluding carboxylic acids is 1. The Balaban J connectivity index is 2.40. The lowest BCUT2D eigenvalue weighted by atomic mass is 9.78. The molecule has 2 unspecified atom stereocenters. The van der Waals surface area contributed by atoms with Crippen LogP contribution in [0.3, 0.4) is 0 Å². The molecule has 0 saturated heterocycles. The number of hydrogen-bond donors (Lipinski definition) is 2. The molecule has 0 saturated carbocycles. The van der Waals surface area contributed by atoms with Crippen LogP contribution < -0.4 is 10.6 Å². The first-order valence-corrected chi connectivity index (χ1v) is 7.05. The Kier molecular flexibility index (Phi) is 3.61. The zero-order valence-corrected chi connectivity index (χ0v) is 12.2. The van der Waals surface area contributed by atoms with E-state index < -0.39 is 0 Å². The average molecular weight is 344 g/mol. The summed E-state index contributed by atoms with van der Waals surface area (Å²) < 4.78 is 0.410. The molecule has 1 aliphatic carbocycles. The molecular formula is C13H17IN2O. The SMILES string of the molecule is CNC(=O)NC1(C)c2ccccc2CCC1I. The number of halogens is 1. The van der Waals surface area contributed by atoms with Crippen molar-refractivity contribution in [1.82, 2.24) is 10.6 Å². The maximum atomic E-state index is 11.6. The van der Waals surface area contributed by atoms with Crippen LogP contribution in [0.25, 0.3) is 0 Å². The first kappa shape index (κ1) is 12.7. The number of alkyl halides is 1. The molecule has 0 fully saturated rings. The molecule has 1 aromatic rings. The zero-order valence-electron chi connectivity index (χ0n) is 10.1. The number of urea groups is 1. The number of amides is 2. The Morgan fingerprint density at radius 3 is 2.88 bits per heavy atom. The largest absolute Gasteiger partial charge is 0.341 e. The Labute approximate surface area is 116 Å². The van der Waals surface area contributed by atoms with Crippen LogP contribution in [-0.4, -0.2) is 17.0 Å². The molecule has 2 atom stereocenters. The van der Waals surface area contributed by atoms with E-state index in [-0.39, 0.29) is 11.6 Å². The first-order chi connectivity index (χ1) is 8.08. The van der Waals surface area contributed by atoms with Crippen molar-refractivity contribution < 1.29 is 4.79 Å². The molecule has 2 rings (SSSR count). The summed E-state index contributed by atoms with van der Waals surface area (Å²) in [4.78, 5) is 11.6. The van der Waals surface area contributed by atoms with Gasteiger partial charge in [-0.15, -0.1) is 0 Å². The van der Waals surface area contributed by atoms with Gasteiger partial charge in [-0.2, -0.15) is 0 Å². The van der Waals surface area contributed by atoms with Crippen molar-refractivity contribution >= 4 is 28.6 Å². The van der Waals surface area contributed by atoms with Gasteiger partial charge < -0.3 is 10.6 Å². The van der Waals surface area contributed by atoms with Gasteiger partial charge in [-0.25, -0.2) is 4.79 Å². The summed E-state index contributed by atoms with van der Waals surface area (Å²) in [7, 11) is 1.65. The molecule has 1 aliphatic rings. The molecule has 92 valence electrons. The van der Waals surface area contributed by atoms with Gasteiger partial charge in [0.1, 0.15) is 0 Å². The van der Waals surface area contributed by atoms with Crippen LogP contribution in [0.2, 0.25) is 0 Å². The van der Waals surface area contributed by atoms with E-state index in [1.54, 1.807) is 7.05 Å². The number of aryl methyl sites for hydroxylation is 1. The first-order valence-electron chi connectivity index (χ1n) is 5.80. The lowest BCUT2D eigenvalue weighted by molar-refractivity contribution is 0.227. The topological polar surface area (TPSA) is 41.1 Å². The highest BCUT2D eigenvalue weighted by molar-refractivity contribution is 14.1. The van der Waals surface area contributed by atoms with Gasteiger partial charge in [-0.3, -0.25) is 0 Å². The average Bonchev–Trinajstić information content (AvgIpc) is 2.34. The third kappa shape index (κ3) is 2.27. The van der Waals surface area contributed by atoms with Crippen LogP contribution in [0, 0.1) is 0 Å². The maximum absolute atomic E-state index is 11.6. The molecule has 0 spiro atoms. The number of benzene rings is 1. The molecule has 3 nitrogen and oxygen atoms in total. The van der Waals surface area contributed by atoms with E-state index >= 15 is 0 Å². The smallest absolute Gasteiger partial charge is 0.315 e. The minimum absolute atomic E-state index is 0.120. The van der Waals surface area contributed by atoms with Crippen LogP contribution in [0.4, 0.5) is 4.79 Å². The second kappa shape index (κ2) is 4.84. The molecule has 2 N–H and O–H groups in total. The Bertz CT molecular complexity index is 435. The van der Waals surface area contributed by atoms with Crippen LogP contribution in [0.1, 0.15) is 24.5 Å². The van der Waals surface area contributed by atoms with Gasteiger partial charge in [-0.1, -0.05) is 46.9 Å². The van der Waals surface area contributed by atoms with Crippen molar-refractivity contribution in [2.75, 3.05) is 7.05 Å². The molecule has 0 aromatic heterocycles. The van der Waals surface area contributed by atoms with E-state index in [0.717, 1.165) is 12.8 Å². The van der Waals surface area contributed by atoms with Gasteiger partial charge >= 0.3 is 6.03 Å². The molecule has 0 radical (unpaired) electrons. The van der Waals surface area contributed by atoms with Gasteiger partial charge in [0.25, 0.3) is 0 Å². The van der Waals surface area contributed by atoms with Crippen LogP contribution in [-0.2, 0) is 12.0 Å².